The molecule has 0 aliphatic heterocycles. The van der Waals surface area contributed by atoms with Gasteiger partial charge in [-0.2, -0.15) is 0 Å². The van der Waals surface area contributed by atoms with E-state index < -0.39 is 0 Å². The van der Waals surface area contributed by atoms with Crippen molar-refractivity contribution in [3.05, 3.63) is 54.2 Å². The van der Waals surface area contributed by atoms with Gasteiger partial charge in [0.1, 0.15) is 5.82 Å². The predicted molar refractivity (Wildman–Crippen MR) is 64.4 cm³/mol. The molecule has 1 aromatic carbocycles. The van der Waals surface area contributed by atoms with Gasteiger partial charge in [-0.1, -0.05) is 25.1 Å². The van der Waals surface area contributed by atoms with Crippen LogP contribution in [-0.4, -0.2) is 15.0 Å². The Morgan fingerprint density at radius 1 is 1.19 bits per heavy atom. The van der Waals surface area contributed by atoms with E-state index in [9.17, 15) is 0 Å². The van der Waals surface area contributed by atoms with Crippen LogP contribution in [0.15, 0.2) is 42.9 Å². The maximum absolute atomic E-state index is 4.31. The Labute approximate surface area is 93.5 Å². The molecule has 0 saturated heterocycles. The van der Waals surface area contributed by atoms with Gasteiger partial charge in [0.05, 0.1) is 0 Å². The van der Waals surface area contributed by atoms with Crippen molar-refractivity contribution in [2.24, 2.45) is 0 Å². The van der Waals surface area contributed by atoms with Crippen LogP contribution >= 0.6 is 0 Å². The molecule has 0 fully saturated rings. The third kappa shape index (κ3) is 1.33. The first-order chi connectivity index (χ1) is 7.86. The molecule has 3 aromatic rings. The van der Waals surface area contributed by atoms with Crippen LogP contribution in [0.4, 0.5) is 0 Å². The number of nitrogens with zero attached hydrogens (tertiary/aromatic N) is 1. The van der Waals surface area contributed by atoms with Crippen molar-refractivity contribution in [1.82, 2.24) is 15.0 Å². The van der Waals surface area contributed by atoms with E-state index >= 15 is 0 Å². The molecule has 2 N–H and O–H groups in total. The molecule has 2 aromatic heterocycles. The lowest BCUT2D eigenvalue weighted by Gasteiger charge is -2.06. The van der Waals surface area contributed by atoms with Crippen LogP contribution in [0.5, 0.6) is 0 Å². The number of hydrogen-bond donors (Lipinski definition) is 2. The van der Waals surface area contributed by atoms with Gasteiger partial charge in [0, 0.05) is 35.4 Å². The topological polar surface area (TPSA) is 44.5 Å². The quantitative estimate of drug-likeness (QED) is 0.672. The van der Waals surface area contributed by atoms with E-state index in [1.165, 1.54) is 16.5 Å². The number of rotatable bonds is 2. The maximum Gasteiger partial charge on any atom is 0.113 e. The molecule has 3 rings (SSSR count). The second-order valence-electron chi connectivity index (χ2n) is 3.99. The SMILES string of the molecule is CC(c1ncc[nH]1)c1c[nH]c2ccccc12. The van der Waals surface area contributed by atoms with E-state index in [0.29, 0.717) is 0 Å². The Bertz CT molecular complexity index is 592. The summed E-state index contributed by atoms with van der Waals surface area (Å²) >= 11 is 0. The van der Waals surface area contributed by atoms with E-state index in [2.05, 4.69) is 46.3 Å². The fourth-order valence-electron chi connectivity index (χ4n) is 2.11. The Hall–Kier alpha value is -2.03. The fraction of sp³-hybridized carbons (Fsp3) is 0.154. The number of fused-ring (bicyclic) bond motifs is 1. The number of aromatic amines is 2. The number of aromatic nitrogens is 3. The fourth-order valence-corrected chi connectivity index (χ4v) is 2.11. The molecule has 1 unspecified atom stereocenters. The van der Waals surface area contributed by atoms with Gasteiger partial charge in [-0.05, 0) is 11.6 Å². The van der Waals surface area contributed by atoms with Crippen LogP contribution in [0.1, 0.15) is 24.2 Å². The molecule has 0 radical (unpaired) electrons. The van der Waals surface area contributed by atoms with Crippen molar-refractivity contribution in [3.63, 3.8) is 0 Å². The van der Waals surface area contributed by atoms with Crippen LogP contribution in [0.2, 0.25) is 0 Å². The van der Waals surface area contributed by atoms with Crippen molar-refractivity contribution < 1.29 is 0 Å². The number of imidazole rings is 1. The zero-order valence-electron chi connectivity index (χ0n) is 9.07. The lowest BCUT2D eigenvalue weighted by Crippen LogP contribution is -1.97. The monoisotopic (exact) mass is 211 g/mol. The molecule has 0 aliphatic rings. The molecule has 16 heavy (non-hydrogen) atoms. The van der Waals surface area contributed by atoms with E-state index in [4.69, 9.17) is 0 Å². The average molecular weight is 211 g/mol. The second kappa shape index (κ2) is 3.52. The zero-order valence-corrected chi connectivity index (χ0v) is 9.07. The van der Waals surface area contributed by atoms with Gasteiger partial charge in [-0.25, -0.2) is 4.98 Å². The van der Waals surface area contributed by atoms with Crippen LogP contribution in [0, 0.1) is 0 Å². The molecule has 2 heterocycles. The minimum atomic E-state index is 0.283. The molecule has 0 bridgehead atoms. The molecule has 3 heteroatoms. The number of nitrogens with one attached hydrogen (secondary N) is 2. The summed E-state index contributed by atoms with van der Waals surface area (Å²) in [6, 6.07) is 8.34. The van der Waals surface area contributed by atoms with Crippen molar-refractivity contribution in [3.8, 4) is 0 Å². The van der Waals surface area contributed by atoms with Gasteiger partial charge >= 0.3 is 0 Å². The molecular formula is C13H13N3. The first-order valence-electron chi connectivity index (χ1n) is 5.41. The summed E-state index contributed by atoms with van der Waals surface area (Å²) in [7, 11) is 0. The van der Waals surface area contributed by atoms with Crippen LogP contribution in [-0.2, 0) is 0 Å². The Morgan fingerprint density at radius 3 is 2.88 bits per heavy atom. The number of H-pyrrole nitrogens is 2. The molecule has 0 saturated carbocycles. The minimum absolute atomic E-state index is 0.283. The predicted octanol–water partition coefficient (Wildman–Crippen LogP) is 3.04. The van der Waals surface area contributed by atoms with Crippen LogP contribution in [0.25, 0.3) is 10.9 Å². The second-order valence-corrected chi connectivity index (χ2v) is 3.99. The number of benzene rings is 1. The minimum Gasteiger partial charge on any atom is -0.361 e. The standard InChI is InChI=1S/C13H13N3/c1-9(13-14-6-7-15-13)11-8-16-12-5-3-2-4-10(11)12/h2-9,16H,1H3,(H,14,15). The highest BCUT2D eigenvalue weighted by molar-refractivity contribution is 5.83. The van der Waals surface area contributed by atoms with Crippen LogP contribution in [0.3, 0.4) is 0 Å². The molecular weight excluding hydrogens is 198 g/mol. The number of para-hydroxylation sites is 1. The van der Waals surface area contributed by atoms with E-state index in [1.807, 2.05) is 12.3 Å². The highest BCUT2D eigenvalue weighted by Crippen LogP contribution is 2.28. The van der Waals surface area contributed by atoms with Crippen LogP contribution < -0.4 is 0 Å². The van der Waals surface area contributed by atoms with Crippen molar-refractivity contribution in [2.75, 3.05) is 0 Å². The number of hydrogen-bond acceptors (Lipinski definition) is 1. The summed E-state index contributed by atoms with van der Waals surface area (Å²) in [6.07, 6.45) is 5.72. The molecule has 0 aliphatic carbocycles. The molecule has 0 spiro atoms. The Balaban J connectivity index is 2.12. The van der Waals surface area contributed by atoms with Gasteiger partial charge in [0.25, 0.3) is 0 Å². The third-order valence-electron chi connectivity index (χ3n) is 3.02. The van der Waals surface area contributed by atoms with Crippen molar-refractivity contribution in [1.29, 1.82) is 0 Å². The highest BCUT2D eigenvalue weighted by atomic mass is 14.9. The van der Waals surface area contributed by atoms with E-state index in [-0.39, 0.29) is 5.92 Å². The molecule has 0 amide bonds. The summed E-state index contributed by atoms with van der Waals surface area (Å²) in [4.78, 5) is 10.8. The molecule has 80 valence electrons. The first-order valence-corrected chi connectivity index (χ1v) is 5.41. The van der Waals surface area contributed by atoms with Crippen molar-refractivity contribution in [2.45, 2.75) is 12.8 Å². The summed E-state index contributed by atoms with van der Waals surface area (Å²) in [5, 5.41) is 1.27. The smallest absolute Gasteiger partial charge is 0.113 e. The van der Waals surface area contributed by atoms with E-state index in [0.717, 1.165) is 5.82 Å². The summed E-state index contributed by atoms with van der Waals surface area (Å²) in [5.74, 6) is 1.29. The van der Waals surface area contributed by atoms with Gasteiger partial charge in [-0.3, -0.25) is 0 Å². The third-order valence-corrected chi connectivity index (χ3v) is 3.02. The van der Waals surface area contributed by atoms with Gasteiger partial charge < -0.3 is 9.97 Å². The summed E-state index contributed by atoms with van der Waals surface area (Å²) in [6.45, 7) is 2.16. The normalized spacial score (nSPS) is 13.1. The van der Waals surface area contributed by atoms with Gasteiger partial charge in [0.2, 0.25) is 0 Å². The molecule has 3 nitrogen and oxygen atoms in total. The largest absolute Gasteiger partial charge is 0.361 e. The van der Waals surface area contributed by atoms with Crippen molar-refractivity contribution >= 4 is 10.9 Å². The Kier molecular flexibility index (Phi) is 2.03. The van der Waals surface area contributed by atoms with E-state index in [1.54, 1.807) is 6.20 Å². The lowest BCUT2D eigenvalue weighted by atomic mass is 10.00. The highest BCUT2D eigenvalue weighted by Gasteiger charge is 2.14. The summed E-state index contributed by atoms with van der Waals surface area (Å²) < 4.78 is 0. The lowest BCUT2D eigenvalue weighted by molar-refractivity contribution is 0.847. The molecule has 1 atom stereocenters. The van der Waals surface area contributed by atoms with Gasteiger partial charge in [0.15, 0.2) is 0 Å². The summed E-state index contributed by atoms with van der Waals surface area (Å²) in [5.41, 5.74) is 2.46. The van der Waals surface area contributed by atoms with Gasteiger partial charge in [-0.15, -0.1) is 0 Å². The maximum atomic E-state index is 4.31. The first kappa shape index (κ1) is 9.21. The Morgan fingerprint density at radius 2 is 2.06 bits per heavy atom. The average Bonchev–Trinajstić information content (AvgIpc) is 2.98. The zero-order chi connectivity index (χ0) is 11.0.